The van der Waals surface area contributed by atoms with Crippen molar-refractivity contribution in [3.05, 3.63) is 71.8 Å². The van der Waals surface area contributed by atoms with E-state index in [4.69, 9.17) is 9.47 Å². The summed E-state index contributed by atoms with van der Waals surface area (Å²) in [6, 6.07) is 22.1. The first-order chi connectivity index (χ1) is 11.9. The third-order valence-electron chi connectivity index (χ3n) is 5.53. The number of benzene rings is 2. The lowest BCUT2D eigenvalue weighted by molar-refractivity contribution is -0.147. The molecule has 2 aromatic rings. The van der Waals surface area contributed by atoms with Crippen LogP contribution in [0.25, 0.3) is 0 Å². The fourth-order valence-corrected chi connectivity index (χ4v) is 4.33. The van der Waals surface area contributed by atoms with Crippen LogP contribution < -0.4 is 0 Å². The molecule has 0 unspecified atom stereocenters. The summed E-state index contributed by atoms with van der Waals surface area (Å²) in [5.41, 5.74) is 2.68. The molecule has 2 aromatic carbocycles. The molecule has 0 radical (unpaired) electrons. The van der Waals surface area contributed by atoms with Gasteiger partial charge >= 0.3 is 0 Å². The van der Waals surface area contributed by atoms with Gasteiger partial charge in [-0.05, 0) is 11.1 Å². The molecular formula is C20H22N2O2. The largest absolute Gasteiger partial charge is 0.357 e. The first-order valence-corrected chi connectivity index (χ1v) is 8.76. The van der Waals surface area contributed by atoms with Crippen molar-refractivity contribution in [3.8, 4) is 0 Å². The Hall–Kier alpha value is -1.72. The maximum atomic E-state index is 6.18. The molecule has 3 aliphatic heterocycles. The second-order valence-electron chi connectivity index (χ2n) is 6.78. The summed E-state index contributed by atoms with van der Waals surface area (Å²) < 4.78 is 12.4. The number of nitrogens with zero attached hydrogens (tertiary/aromatic N) is 2. The molecule has 0 spiro atoms. The fourth-order valence-electron chi connectivity index (χ4n) is 4.33. The molecule has 5 rings (SSSR count). The minimum atomic E-state index is 0.0395. The molecule has 3 saturated heterocycles. The Labute approximate surface area is 142 Å². The Bertz CT molecular complexity index is 632. The average Bonchev–Trinajstić information content (AvgIpc) is 3.27. The van der Waals surface area contributed by atoms with Gasteiger partial charge in [0.25, 0.3) is 0 Å². The van der Waals surface area contributed by atoms with Crippen LogP contribution in [0.2, 0.25) is 0 Å². The van der Waals surface area contributed by atoms with E-state index in [-0.39, 0.29) is 12.5 Å². The van der Waals surface area contributed by atoms with Crippen molar-refractivity contribution in [1.29, 1.82) is 0 Å². The van der Waals surface area contributed by atoms with E-state index in [1.165, 1.54) is 11.1 Å². The van der Waals surface area contributed by atoms with Crippen LogP contribution in [-0.4, -0.2) is 48.6 Å². The zero-order valence-electron chi connectivity index (χ0n) is 13.6. The highest BCUT2D eigenvalue weighted by Gasteiger charge is 2.50. The Kier molecular flexibility index (Phi) is 3.64. The van der Waals surface area contributed by atoms with Gasteiger partial charge < -0.3 is 9.47 Å². The smallest absolute Gasteiger partial charge is 0.151 e. The van der Waals surface area contributed by atoms with Crippen molar-refractivity contribution < 1.29 is 9.47 Å². The molecule has 0 aliphatic carbocycles. The summed E-state index contributed by atoms with van der Waals surface area (Å²) in [6.45, 7) is 3.54. The lowest BCUT2D eigenvalue weighted by atomic mass is 10.0. The second kappa shape index (κ2) is 5.97. The van der Waals surface area contributed by atoms with Gasteiger partial charge in [0.15, 0.2) is 12.5 Å². The normalized spacial score (nSPS) is 33.3. The van der Waals surface area contributed by atoms with Gasteiger partial charge in [-0.1, -0.05) is 60.7 Å². The Morgan fingerprint density at radius 3 is 1.46 bits per heavy atom. The maximum Gasteiger partial charge on any atom is 0.151 e. The van der Waals surface area contributed by atoms with Crippen LogP contribution in [0, 0.1) is 0 Å². The quantitative estimate of drug-likeness (QED) is 0.849. The molecule has 0 amide bonds. The fraction of sp³-hybridized carbons (Fsp3) is 0.400. The monoisotopic (exact) mass is 322 g/mol. The molecular weight excluding hydrogens is 300 g/mol. The number of rotatable bonds is 2. The van der Waals surface area contributed by atoms with Gasteiger partial charge in [0.05, 0.1) is 25.3 Å². The van der Waals surface area contributed by atoms with Gasteiger partial charge in [0.1, 0.15) is 0 Å². The van der Waals surface area contributed by atoms with E-state index < -0.39 is 0 Å². The summed E-state index contributed by atoms with van der Waals surface area (Å²) in [5, 5.41) is 0. The van der Waals surface area contributed by atoms with Crippen LogP contribution in [0.3, 0.4) is 0 Å². The highest BCUT2D eigenvalue weighted by atomic mass is 16.6. The van der Waals surface area contributed by atoms with Crippen molar-refractivity contribution in [1.82, 2.24) is 9.80 Å². The summed E-state index contributed by atoms with van der Waals surface area (Å²) >= 11 is 0. The van der Waals surface area contributed by atoms with Crippen LogP contribution in [0.5, 0.6) is 0 Å². The van der Waals surface area contributed by atoms with Crippen LogP contribution in [0.1, 0.15) is 23.2 Å². The lowest BCUT2D eigenvalue weighted by Gasteiger charge is -2.42. The van der Waals surface area contributed by atoms with Crippen molar-refractivity contribution in [2.75, 3.05) is 26.3 Å². The van der Waals surface area contributed by atoms with Gasteiger partial charge in [-0.2, -0.15) is 0 Å². The van der Waals surface area contributed by atoms with E-state index in [1.54, 1.807) is 0 Å². The minimum absolute atomic E-state index is 0.0395. The number of ether oxygens (including phenoxy) is 2. The first-order valence-electron chi connectivity index (χ1n) is 8.76. The molecule has 4 heteroatoms. The molecule has 124 valence electrons. The molecule has 3 fully saturated rings. The third-order valence-corrected chi connectivity index (χ3v) is 5.53. The van der Waals surface area contributed by atoms with E-state index >= 15 is 0 Å². The Morgan fingerprint density at radius 1 is 0.625 bits per heavy atom. The maximum absolute atomic E-state index is 6.18. The van der Waals surface area contributed by atoms with E-state index in [9.17, 15) is 0 Å². The third kappa shape index (κ3) is 2.30. The summed E-state index contributed by atoms with van der Waals surface area (Å²) in [7, 11) is 0. The number of piperazine rings is 1. The standard InChI is InChI=1S/C20H22N2O2/c1-3-7-15(8-4-1)17-13-23-19-20-22(12-11-21(17)19)18(14-24-20)16-9-5-2-6-10-16/h1-10,17-20H,11-14H2/t17-,18-,19+,20+/m0/s1. The van der Waals surface area contributed by atoms with Crippen LogP contribution in [-0.2, 0) is 9.47 Å². The van der Waals surface area contributed by atoms with E-state index in [1.807, 2.05) is 0 Å². The van der Waals surface area contributed by atoms with E-state index in [0.717, 1.165) is 26.3 Å². The molecule has 0 aromatic heterocycles. The van der Waals surface area contributed by atoms with Gasteiger partial charge in [-0.3, -0.25) is 9.80 Å². The van der Waals surface area contributed by atoms with Crippen LogP contribution in [0.4, 0.5) is 0 Å². The van der Waals surface area contributed by atoms with Crippen molar-refractivity contribution in [2.24, 2.45) is 0 Å². The molecule has 0 saturated carbocycles. The topological polar surface area (TPSA) is 24.9 Å². The SMILES string of the molecule is c1ccc([C@@H]2CO[C@@H]3[C@H]4OC[C@@H](c5ccccc5)N4CCN32)cc1. The lowest BCUT2D eigenvalue weighted by Crippen LogP contribution is -2.56. The summed E-state index contributed by atoms with van der Waals surface area (Å²) in [6.07, 6.45) is 0.0790. The highest BCUT2D eigenvalue weighted by molar-refractivity contribution is 5.23. The predicted octanol–water partition coefficient (Wildman–Crippen LogP) is 2.80. The molecule has 4 atom stereocenters. The molecule has 0 N–H and O–H groups in total. The van der Waals surface area contributed by atoms with E-state index in [0.29, 0.717) is 12.1 Å². The molecule has 4 nitrogen and oxygen atoms in total. The summed E-state index contributed by atoms with van der Waals surface area (Å²) in [5.74, 6) is 0. The zero-order chi connectivity index (χ0) is 15.9. The molecule has 3 heterocycles. The Balaban J connectivity index is 1.38. The van der Waals surface area contributed by atoms with E-state index in [2.05, 4.69) is 70.5 Å². The Morgan fingerprint density at radius 2 is 1.04 bits per heavy atom. The van der Waals surface area contributed by atoms with Crippen molar-refractivity contribution in [2.45, 2.75) is 24.5 Å². The van der Waals surface area contributed by atoms with Crippen molar-refractivity contribution >= 4 is 0 Å². The number of hydrogen-bond donors (Lipinski definition) is 0. The minimum Gasteiger partial charge on any atom is -0.357 e. The second-order valence-corrected chi connectivity index (χ2v) is 6.78. The average molecular weight is 322 g/mol. The van der Waals surface area contributed by atoms with Gasteiger partial charge in [-0.25, -0.2) is 0 Å². The molecule has 3 aliphatic rings. The molecule has 24 heavy (non-hydrogen) atoms. The van der Waals surface area contributed by atoms with Gasteiger partial charge in [0.2, 0.25) is 0 Å². The highest BCUT2D eigenvalue weighted by Crippen LogP contribution is 2.41. The first kappa shape index (κ1) is 14.6. The van der Waals surface area contributed by atoms with Crippen LogP contribution in [0.15, 0.2) is 60.7 Å². The van der Waals surface area contributed by atoms with Crippen molar-refractivity contribution in [3.63, 3.8) is 0 Å². The van der Waals surface area contributed by atoms with Gasteiger partial charge in [-0.15, -0.1) is 0 Å². The zero-order valence-corrected chi connectivity index (χ0v) is 13.6. The summed E-state index contributed by atoms with van der Waals surface area (Å²) in [4.78, 5) is 4.95. The molecule has 0 bridgehead atoms. The van der Waals surface area contributed by atoms with Crippen LogP contribution >= 0.6 is 0 Å². The predicted molar refractivity (Wildman–Crippen MR) is 91.3 cm³/mol. The van der Waals surface area contributed by atoms with Gasteiger partial charge in [0, 0.05) is 13.1 Å². The number of hydrogen-bond acceptors (Lipinski definition) is 4. The number of fused-ring (bicyclic) bond motifs is 3.